The first-order valence-corrected chi connectivity index (χ1v) is 9.35. The van der Waals surface area contributed by atoms with Crippen LogP contribution in [0, 0.1) is 5.92 Å². The van der Waals surface area contributed by atoms with E-state index in [0.29, 0.717) is 0 Å². The van der Waals surface area contributed by atoms with Gasteiger partial charge in [-0.05, 0) is 32.9 Å². The van der Waals surface area contributed by atoms with Gasteiger partial charge >= 0.3 is 0 Å². The molecule has 0 saturated carbocycles. The Morgan fingerprint density at radius 2 is 1.05 bits per heavy atom. The molecule has 0 amide bonds. The molecule has 0 aliphatic rings. The minimum Gasteiger partial charge on any atom is -0.309 e. The number of hydrogen-bond acceptors (Lipinski definition) is 1. The predicted molar refractivity (Wildman–Crippen MR) is 93.4 cm³/mol. The molecule has 0 bridgehead atoms. The summed E-state index contributed by atoms with van der Waals surface area (Å²) >= 11 is 0. The third-order valence-electron chi connectivity index (χ3n) is 4.31. The molecule has 0 heterocycles. The minimum atomic E-state index is 0.939. The summed E-state index contributed by atoms with van der Waals surface area (Å²) in [5.41, 5.74) is 0. The van der Waals surface area contributed by atoms with Crippen LogP contribution in [-0.2, 0) is 0 Å². The van der Waals surface area contributed by atoms with Crippen molar-refractivity contribution in [3.63, 3.8) is 0 Å². The molecule has 0 aromatic heterocycles. The van der Waals surface area contributed by atoms with E-state index >= 15 is 0 Å². The molecule has 0 aromatic carbocycles. The van der Waals surface area contributed by atoms with Crippen LogP contribution in [0.4, 0.5) is 0 Å². The first-order valence-electron chi connectivity index (χ1n) is 9.35. The van der Waals surface area contributed by atoms with Crippen LogP contribution in [0.25, 0.3) is 0 Å². The van der Waals surface area contributed by atoms with Gasteiger partial charge in [-0.1, -0.05) is 84.5 Å². The number of hydrogen-bond donors (Lipinski definition) is 0. The minimum absolute atomic E-state index is 0.939. The quantitative estimate of drug-likeness (QED) is 0.320. The summed E-state index contributed by atoms with van der Waals surface area (Å²) < 4.78 is 0. The molecule has 0 N–H and O–H groups in total. The Balaban J connectivity index is 3.43. The summed E-state index contributed by atoms with van der Waals surface area (Å²) in [5, 5.41) is 0. The Hall–Kier alpha value is -0.0400. The average molecular weight is 284 g/mol. The molecule has 1 nitrogen and oxygen atoms in total. The van der Waals surface area contributed by atoms with Crippen molar-refractivity contribution in [2.45, 2.75) is 97.3 Å². The number of unbranched alkanes of at least 4 members (excludes halogenated alkanes) is 9. The van der Waals surface area contributed by atoms with Crippen LogP contribution in [0.3, 0.4) is 0 Å². The molecule has 0 spiro atoms. The fourth-order valence-electron chi connectivity index (χ4n) is 3.08. The lowest BCUT2D eigenvalue weighted by Crippen LogP contribution is -2.21. The second kappa shape index (κ2) is 15.4. The highest BCUT2D eigenvalue weighted by Gasteiger charge is 2.09. The van der Waals surface area contributed by atoms with Gasteiger partial charge in [0.15, 0.2) is 0 Å². The molecular formula is C19H41N. The van der Waals surface area contributed by atoms with Crippen LogP contribution in [0.1, 0.15) is 97.3 Å². The smallest absolute Gasteiger partial charge is 0.000356 e. The Morgan fingerprint density at radius 3 is 1.55 bits per heavy atom. The first kappa shape index (κ1) is 20.0. The highest BCUT2D eigenvalue weighted by atomic mass is 15.1. The van der Waals surface area contributed by atoms with Gasteiger partial charge in [0.25, 0.3) is 0 Å². The lowest BCUT2D eigenvalue weighted by Gasteiger charge is -2.20. The summed E-state index contributed by atoms with van der Waals surface area (Å²) in [6.07, 6.45) is 18.7. The standard InChI is InChI=1S/C19H41N/c1-5-7-9-10-11-12-13-14-15-17-19(16-8-6-2)18-20(3)4/h19H,5-18H2,1-4H3. The molecule has 122 valence electrons. The Bertz CT molecular complexity index is 177. The van der Waals surface area contributed by atoms with Crippen LogP contribution >= 0.6 is 0 Å². The van der Waals surface area contributed by atoms with Gasteiger partial charge < -0.3 is 4.90 Å². The molecule has 0 aliphatic carbocycles. The second-order valence-corrected chi connectivity index (χ2v) is 6.89. The molecule has 20 heavy (non-hydrogen) atoms. The summed E-state index contributed by atoms with van der Waals surface area (Å²) in [4.78, 5) is 2.37. The number of rotatable bonds is 15. The summed E-state index contributed by atoms with van der Waals surface area (Å²) in [7, 11) is 4.44. The highest BCUT2D eigenvalue weighted by molar-refractivity contribution is 4.63. The molecule has 0 aliphatic heterocycles. The van der Waals surface area contributed by atoms with Crippen molar-refractivity contribution < 1.29 is 0 Å². The van der Waals surface area contributed by atoms with E-state index in [2.05, 4.69) is 32.8 Å². The van der Waals surface area contributed by atoms with Gasteiger partial charge in [0.05, 0.1) is 0 Å². The van der Waals surface area contributed by atoms with E-state index in [1.807, 2.05) is 0 Å². The molecule has 1 heteroatoms. The zero-order valence-corrected chi connectivity index (χ0v) is 14.9. The topological polar surface area (TPSA) is 3.24 Å². The van der Waals surface area contributed by atoms with Gasteiger partial charge in [-0.3, -0.25) is 0 Å². The summed E-state index contributed by atoms with van der Waals surface area (Å²) in [6.45, 7) is 5.89. The maximum atomic E-state index is 2.37. The lowest BCUT2D eigenvalue weighted by atomic mass is 9.94. The van der Waals surface area contributed by atoms with Crippen molar-refractivity contribution >= 4 is 0 Å². The van der Waals surface area contributed by atoms with Crippen molar-refractivity contribution in [2.24, 2.45) is 5.92 Å². The third-order valence-corrected chi connectivity index (χ3v) is 4.31. The molecule has 0 rings (SSSR count). The third kappa shape index (κ3) is 14.4. The monoisotopic (exact) mass is 283 g/mol. The van der Waals surface area contributed by atoms with Gasteiger partial charge in [0.2, 0.25) is 0 Å². The molecule has 0 aromatic rings. The van der Waals surface area contributed by atoms with Gasteiger partial charge in [-0.15, -0.1) is 0 Å². The SMILES string of the molecule is CCCCCCCCCCCC(CCCC)CN(C)C. The summed E-state index contributed by atoms with van der Waals surface area (Å²) in [5.74, 6) is 0.939. The van der Waals surface area contributed by atoms with Crippen molar-refractivity contribution in [3.05, 3.63) is 0 Å². The zero-order valence-electron chi connectivity index (χ0n) is 14.9. The van der Waals surface area contributed by atoms with E-state index in [1.165, 1.54) is 90.0 Å². The van der Waals surface area contributed by atoms with E-state index in [4.69, 9.17) is 0 Å². The largest absolute Gasteiger partial charge is 0.309 e. The van der Waals surface area contributed by atoms with Crippen LogP contribution in [0.5, 0.6) is 0 Å². The van der Waals surface area contributed by atoms with E-state index in [0.717, 1.165) is 5.92 Å². The van der Waals surface area contributed by atoms with Crippen molar-refractivity contribution in [1.82, 2.24) is 4.90 Å². The van der Waals surface area contributed by atoms with Crippen LogP contribution in [-0.4, -0.2) is 25.5 Å². The Morgan fingerprint density at radius 1 is 0.600 bits per heavy atom. The van der Waals surface area contributed by atoms with E-state index in [9.17, 15) is 0 Å². The van der Waals surface area contributed by atoms with Crippen LogP contribution in [0.15, 0.2) is 0 Å². The normalized spacial score (nSPS) is 13.1. The Labute approximate surface area is 129 Å². The highest BCUT2D eigenvalue weighted by Crippen LogP contribution is 2.18. The fraction of sp³-hybridized carbons (Fsp3) is 1.00. The predicted octanol–water partition coefficient (Wildman–Crippen LogP) is 6.28. The maximum Gasteiger partial charge on any atom is 0.000356 e. The van der Waals surface area contributed by atoms with Crippen molar-refractivity contribution in [3.8, 4) is 0 Å². The van der Waals surface area contributed by atoms with Crippen LogP contribution in [0.2, 0.25) is 0 Å². The van der Waals surface area contributed by atoms with Crippen molar-refractivity contribution in [2.75, 3.05) is 20.6 Å². The van der Waals surface area contributed by atoms with E-state index < -0.39 is 0 Å². The summed E-state index contributed by atoms with van der Waals surface area (Å²) in [6, 6.07) is 0. The van der Waals surface area contributed by atoms with E-state index in [-0.39, 0.29) is 0 Å². The first-order chi connectivity index (χ1) is 9.70. The van der Waals surface area contributed by atoms with Gasteiger partial charge in [-0.25, -0.2) is 0 Å². The van der Waals surface area contributed by atoms with Crippen LogP contribution < -0.4 is 0 Å². The Kier molecular flexibility index (Phi) is 15.3. The molecule has 0 fully saturated rings. The average Bonchev–Trinajstić information content (AvgIpc) is 2.42. The zero-order chi connectivity index (χ0) is 15.1. The second-order valence-electron chi connectivity index (χ2n) is 6.89. The molecule has 0 saturated heterocycles. The molecule has 1 atom stereocenters. The van der Waals surface area contributed by atoms with Gasteiger partial charge in [-0.2, -0.15) is 0 Å². The van der Waals surface area contributed by atoms with Gasteiger partial charge in [0, 0.05) is 6.54 Å². The van der Waals surface area contributed by atoms with E-state index in [1.54, 1.807) is 0 Å². The molecule has 0 radical (unpaired) electrons. The maximum absolute atomic E-state index is 2.37. The molecule has 1 unspecified atom stereocenters. The molecular weight excluding hydrogens is 242 g/mol. The number of nitrogens with zero attached hydrogens (tertiary/aromatic N) is 1. The lowest BCUT2D eigenvalue weighted by molar-refractivity contribution is 0.288. The van der Waals surface area contributed by atoms with Crippen molar-refractivity contribution in [1.29, 1.82) is 0 Å². The fourth-order valence-corrected chi connectivity index (χ4v) is 3.08. The van der Waals surface area contributed by atoms with Gasteiger partial charge in [0.1, 0.15) is 0 Å².